The quantitative estimate of drug-likeness (QED) is 0.845. The fourth-order valence-electron chi connectivity index (χ4n) is 1.32. The maximum Gasteiger partial charge on any atom is 0.320 e. The molecule has 0 saturated heterocycles. The number of carboxylic acids is 1. The first kappa shape index (κ1) is 12.7. The first-order valence-corrected chi connectivity index (χ1v) is 4.83. The number of methoxy groups -OCH3 is 1. The monoisotopic (exact) mass is 247 g/mol. The molecule has 0 aliphatic carbocycles. The molecule has 1 aromatic rings. The van der Waals surface area contributed by atoms with Gasteiger partial charge in [0.1, 0.15) is 17.6 Å². The zero-order chi connectivity index (χ0) is 12.3. The standard InChI is InChI=1S/C10H11ClFNO3/c1-16-9-5(3-8(13)10(14)15)2-6(12)4-7(9)11/h2,4,8H,3,13H2,1H3,(H,14,15). The summed E-state index contributed by atoms with van der Waals surface area (Å²) in [6, 6.07) is 1.13. The first-order valence-electron chi connectivity index (χ1n) is 4.46. The lowest BCUT2D eigenvalue weighted by atomic mass is 10.1. The van der Waals surface area contributed by atoms with E-state index >= 15 is 0 Å². The molecule has 0 fully saturated rings. The van der Waals surface area contributed by atoms with E-state index in [0.717, 1.165) is 12.1 Å². The molecule has 0 aliphatic heterocycles. The molecule has 0 saturated carbocycles. The lowest BCUT2D eigenvalue weighted by Gasteiger charge is -2.12. The molecular weight excluding hydrogens is 237 g/mol. The zero-order valence-corrected chi connectivity index (χ0v) is 9.29. The minimum Gasteiger partial charge on any atom is -0.495 e. The van der Waals surface area contributed by atoms with E-state index in [0.29, 0.717) is 5.56 Å². The summed E-state index contributed by atoms with van der Waals surface area (Å²) in [5.74, 6) is -1.47. The van der Waals surface area contributed by atoms with Crippen molar-refractivity contribution in [3.05, 3.63) is 28.5 Å². The van der Waals surface area contributed by atoms with Crippen LogP contribution in [0.1, 0.15) is 5.56 Å². The lowest BCUT2D eigenvalue weighted by molar-refractivity contribution is -0.138. The van der Waals surface area contributed by atoms with Crippen LogP contribution in [-0.4, -0.2) is 24.2 Å². The second-order valence-corrected chi connectivity index (χ2v) is 3.64. The summed E-state index contributed by atoms with van der Waals surface area (Å²) in [5, 5.41) is 8.75. The second kappa shape index (κ2) is 5.14. The Morgan fingerprint density at radius 2 is 2.31 bits per heavy atom. The van der Waals surface area contributed by atoms with Crippen LogP contribution in [0, 0.1) is 5.82 Å². The molecule has 1 aromatic carbocycles. The van der Waals surface area contributed by atoms with Gasteiger partial charge in [-0.2, -0.15) is 0 Å². The van der Waals surface area contributed by atoms with Crippen molar-refractivity contribution >= 4 is 17.6 Å². The predicted molar refractivity (Wildman–Crippen MR) is 57.3 cm³/mol. The average Bonchev–Trinajstić information content (AvgIpc) is 2.16. The molecule has 6 heteroatoms. The number of hydrogen-bond acceptors (Lipinski definition) is 3. The van der Waals surface area contributed by atoms with Gasteiger partial charge in [0.25, 0.3) is 0 Å². The molecule has 16 heavy (non-hydrogen) atoms. The second-order valence-electron chi connectivity index (χ2n) is 3.23. The van der Waals surface area contributed by atoms with E-state index < -0.39 is 17.8 Å². The average molecular weight is 248 g/mol. The fraction of sp³-hybridized carbons (Fsp3) is 0.300. The van der Waals surface area contributed by atoms with Crippen LogP contribution in [0.2, 0.25) is 5.02 Å². The van der Waals surface area contributed by atoms with Gasteiger partial charge < -0.3 is 15.6 Å². The SMILES string of the molecule is COc1c(Cl)cc(F)cc1CC(N)C(=O)O. The van der Waals surface area contributed by atoms with E-state index in [9.17, 15) is 9.18 Å². The van der Waals surface area contributed by atoms with Crippen LogP contribution in [-0.2, 0) is 11.2 Å². The third-order valence-corrected chi connectivity index (χ3v) is 2.33. The smallest absolute Gasteiger partial charge is 0.320 e. The van der Waals surface area contributed by atoms with Gasteiger partial charge in [-0.25, -0.2) is 4.39 Å². The molecule has 1 atom stereocenters. The Bertz CT molecular complexity index is 411. The maximum atomic E-state index is 13.1. The number of halogens is 2. The highest BCUT2D eigenvalue weighted by molar-refractivity contribution is 6.32. The summed E-state index contributed by atoms with van der Waals surface area (Å²) in [4.78, 5) is 10.6. The number of hydrogen-bond donors (Lipinski definition) is 2. The van der Waals surface area contributed by atoms with E-state index in [1.165, 1.54) is 7.11 Å². The van der Waals surface area contributed by atoms with Gasteiger partial charge in [0.2, 0.25) is 0 Å². The van der Waals surface area contributed by atoms with Crippen LogP contribution in [0.15, 0.2) is 12.1 Å². The van der Waals surface area contributed by atoms with Crippen molar-refractivity contribution < 1.29 is 19.0 Å². The highest BCUT2D eigenvalue weighted by atomic mass is 35.5. The summed E-state index contributed by atoms with van der Waals surface area (Å²) in [6.07, 6.45) is -0.0456. The molecule has 0 aromatic heterocycles. The molecule has 0 bridgehead atoms. The Hall–Kier alpha value is -1.33. The van der Waals surface area contributed by atoms with Gasteiger partial charge >= 0.3 is 5.97 Å². The van der Waals surface area contributed by atoms with Gasteiger partial charge in [-0.15, -0.1) is 0 Å². The highest BCUT2D eigenvalue weighted by Gasteiger charge is 2.17. The Kier molecular flexibility index (Phi) is 4.09. The molecule has 0 aliphatic rings. The van der Waals surface area contributed by atoms with E-state index in [1.54, 1.807) is 0 Å². The summed E-state index contributed by atoms with van der Waals surface area (Å²) in [5.41, 5.74) is 5.69. The molecule has 3 N–H and O–H groups in total. The molecule has 0 amide bonds. The lowest BCUT2D eigenvalue weighted by Crippen LogP contribution is -2.32. The number of carboxylic acid groups (broad SMARTS) is 1. The topological polar surface area (TPSA) is 72.5 Å². The minimum atomic E-state index is -1.16. The molecule has 0 spiro atoms. The number of benzene rings is 1. The number of rotatable bonds is 4. The van der Waals surface area contributed by atoms with Gasteiger partial charge in [-0.05, 0) is 12.1 Å². The van der Waals surface area contributed by atoms with Crippen molar-refractivity contribution in [3.63, 3.8) is 0 Å². The van der Waals surface area contributed by atoms with Crippen molar-refractivity contribution in [1.29, 1.82) is 0 Å². The highest BCUT2D eigenvalue weighted by Crippen LogP contribution is 2.30. The Morgan fingerprint density at radius 1 is 1.69 bits per heavy atom. The summed E-state index contributed by atoms with van der Waals surface area (Å²) in [6.45, 7) is 0. The summed E-state index contributed by atoms with van der Waals surface area (Å²) >= 11 is 5.74. The van der Waals surface area contributed by atoms with Crippen molar-refractivity contribution in [2.75, 3.05) is 7.11 Å². The van der Waals surface area contributed by atoms with Crippen molar-refractivity contribution in [2.24, 2.45) is 5.73 Å². The molecule has 1 unspecified atom stereocenters. The van der Waals surface area contributed by atoms with Crippen molar-refractivity contribution in [3.8, 4) is 5.75 Å². The zero-order valence-electron chi connectivity index (χ0n) is 8.54. The fourth-order valence-corrected chi connectivity index (χ4v) is 1.62. The van der Waals surface area contributed by atoms with Gasteiger partial charge in [0, 0.05) is 12.0 Å². The molecular formula is C10H11ClFNO3. The van der Waals surface area contributed by atoms with E-state index in [1.807, 2.05) is 0 Å². The first-order chi connectivity index (χ1) is 7.45. The van der Waals surface area contributed by atoms with Crippen LogP contribution in [0.25, 0.3) is 0 Å². The Labute approximate surface area is 96.8 Å². The van der Waals surface area contributed by atoms with Crippen LogP contribution in [0.3, 0.4) is 0 Å². The van der Waals surface area contributed by atoms with E-state index in [2.05, 4.69) is 0 Å². The van der Waals surface area contributed by atoms with E-state index in [-0.39, 0.29) is 17.2 Å². The van der Waals surface area contributed by atoms with Crippen molar-refractivity contribution in [1.82, 2.24) is 0 Å². The Morgan fingerprint density at radius 3 is 2.81 bits per heavy atom. The molecule has 0 heterocycles. The largest absolute Gasteiger partial charge is 0.495 e. The predicted octanol–water partition coefficient (Wildman–Crippen LogP) is 1.44. The number of carbonyl (C=O) groups is 1. The van der Waals surface area contributed by atoms with Gasteiger partial charge in [-0.1, -0.05) is 11.6 Å². The van der Waals surface area contributed by atoms with Crippen LogP contribution >= 0.6 is 11.6 Å². The van der Waals surface area contributed by atoms with E-state index in [4.69, 9.17) is 27.2 Å². The van der Waals surface area contributed by atoms with Crippen LogP contribution in [0.5, 0.6) is 5.75 Å². The number of nitrogens with two attached hydrogens (primary N) is 1. The van der Waals surface area contributed by atoms with Gasteiger partial charge in [0.05, 0.1) is 12.1 Å². The van der Waals surface area contributed by atoms with Crippen LogP contribution < -0.4 is 10.5 Å². The number of aliphatic carboxylic acids is 1. The molecule has 1 rings (SSSR count). The summed E-state index contributed by atoms with van der Waals surface area (Å²) in [7, 11) is 1.37. The maximum absolute atomic E-state index is 13.1. The molecule has 88 valence electrons. The third-order valence-electron chi connectivity index (χ3n) is 2.05. The minimum absolute atomic E-state index is 0.0456. The normalized spacial score (nSPS) is 12.2. The van der Waals surface area contributed by atoms with Crippen molar-refractivity contribution in [2.45, 2.75) is 12.5 Å². The Balaban J connectivity index is 3.07. The summed E-state index contributed by atoms with van der Waals surface area (Å²) < 4.78 is 18.0. The third kappa shape index (κ3) is 2.84. The van der Waals surface area contributed by atoms with Crippen LogP contribution in [0.4, 0.5) is 4.39 Å². The van der Waals surface area contributed by atoms with Gasteiger partial charge in [0.15, 0.2) is 0 Å². The number of ether oxygens (including phenoxy) is 1. The molecule has 0 radical (unpaired) electrons. The molecule has 4 nitrogen and oxygen atoms in total. The van der Waals surface area contributed by atoms with Gasteiger partial charge in [-0.3, -0.25) is 4.79 Å².